The molecule has 0 bridgehead atoms. The van der Waals surface area contributed by atoms with Gasteiger partial charge in [-0.1, -0.05) is 13.8 Å². The van der Waals surface area contributed by atoms with Crippen LogP contribution in [0.5, 0.6) is 0 Å². The molecule has 0 unspecified atom stereocenters. The minimum atomic E-state index is -0.0890. The van der Waals surface area contributed by atoms with E-state index in [-0.39, 0.29) is 11.5 Å². The van der Waals surface area contributed by atoms with E-state index in [4.69, 9.17) is 4.42 Å². The largest absolute Gasteiger partial charge is 0.461 e. The van der Waals surface area contributed by atoms with E-state index in [2.05, 4.69) is 9.97 Å². The number of nitrogens with zero attached hydrogens (tertiary/aromatic N) is 1. The van der Waals surface area contributed by atoms with E-state index >= 15 is 0 Å². The van der Waals surface area contributed by atoms with Crippen LogP contribution in [-0.2, 0) is 0 Å². The summed E-state index contributed by atoms with van der Waals surface area (Å²) in [6.07, 6.45) is 1.56. The molecule has 0 spiro atoms. The van der Waals surface area contributed by atoms with Gasteiger partial charge >= 0.3 is 0 Å². The number of hydrogen-bond acceptors (Lipinski definition) is 3. The predicted molar refractivity (Wildman–Crippen MR) is 61.4 cm³/mol. The maximum atomic E-state index is 11.9. The third-order valence-corrected chi connectivity index (χ3v) is 2.48. The zero-order chi connectivity index (χ0) is 11.7. The second-order valence-corrected chi connectivity index (χ2v) is 4.05. The summed E-state index contributed by atoms with van der Waals surface area (Å²) < 4.78 is 5.20. The normalized spacial score (nSPS) is 11.0. The van der Waals surface area contributed by atoms with Gasteiger partial charge in [0, 0.05) is 11.3 Å². The zero-order valence-electron chi connectivity index (χ0n) is 9.57. The summed E-state index contributed by atoms with van der Waals surface area (Å²) >= 11 is 0. The molecular weight excluding hydrogens is 204 g/mol. The summed E-state index contributed by atoms with van der Waals surface area (Å²) in [5.41, 5.74) is 1.40. The van der Waals surface area contributed by atoms with Gasteiger partial charge in [0.05, 0.1) is 6.26 Å². The van der Waals surface area contributed by atoms with Crippen LogP contribution < -0.4 is 5.56 Å². The molecule has 2 aromatic rings. The summed E-state index contributed by atoms with van der Waals surface area (Å²) in [6, 6.07) is 3.54. The molecule has 0 atom stereocenters. The molecule has 2 heterocycles. The van der Waals surface area contributed by atoms with Crippen LogP contribution >= 0.6 is 0 Å². The number of aryl methyl sites for hydroxylation is 1. The third-order valence-electron chi connectivity index (χ3n) is 2.48. The van der Waals surface area contributed by atoms with E-state index < -0.39 is 0 Å². The van der Waals surface area contributed by atoms with Crippen molar-refractivity contribution in [3.05, 3.63) is 40.0 Å². The maximum Gasteiger partial charge on any atom is 0.254 e. The van der Waals surface area contributed by atoms with Crippen molar-refractivity contribution in [2.75, 3.05) is 0 Å². The highest BCUT2D eigenvalue weighted by atomic mass is 16.3. The Balaban J connectivity index is 2.58. The molecular formula is C12H14N2O2. The molecule has 84 valence electrons. The van der Waals surface area contributed by atoms with Gasteiger partial charge < -0.3 is 9.40 Å². The smallest absolute Gasteiger partial charge is 0.254 e. The average molecular weight is 218 g/mol. The van der Waals surface area contributed by atoms with Gasteiger partial charge in [0.2, 0.25) is 0 Å². The Bertz CT molecular complexity index is 539. The molecule has 0 aliphatic carbocycles. The summed E-state index contributed by atoms with van der Waals surface area (Å²) in [4.78, 5) is 18.9. The lowest BCUT2D eigenvalue weighted by molar-refractivity contribution is 0.576. The van der Waals surface area contributed by atoms with Gasteiger partial charge in [-0.05, 0) is 25.0 Å². The Kier molecular flexibility index (Phi) is 2.64. The topological polar surface area (TPSA) is 58.9 Å². The molecule has 0 aliphatic rings. The van der Waals surface area contributed by atoms with Crippen molar-refractivity contribution in [2.24, 2.45) is 0 Å². The van der Waals surface area contributed by atoms with Crippen LogP contribution in [0.25, 0.3) is 11.6 Å². The summed E-state index contributed by atoms with van der Waals surface area (Å²) in [5, 5.41) is 0. The zero-order valence-corrected chi connectivity index (χ0v) is 9.57. The monoisotopic (exact) mass is 218 g/mol. The van der Waals surface area contributed by atoms with E-state index in [1.54, 1.807) is 18.4 Å². The van der Waals surface area contributed by atoms with Crippen molar-refractivity contribution < 1.29 is 4.42 Å². The van der Waals surface area contributed by atoms with Crippen LogP contribution in [-0.4, -0.2) is 9.97 Å². The standard InChI is InChI=1S/C12H14N2O2/c1-7(2)10-8(3)13-11(14-12(10)15)9-5-4-6-16-9/h4-7H,1-3H3,(H,13,14,15). The molecule has 0 saturated heterocycles. The van der Waals surface area contributed by atoms with Gasteiger partial charge in [-0.15, -0.1) is 0 Å². The van der Waals surface area contributed by atoms with Crippen molar-refractivity contribution in [3.8, 4) is 11.6 Å². The number of hydrogen-bond donors (Lipinski definition) is 1. The van der Waals surface area contributed by atoms with Crippen LogP contribution in [0.15, 0.2) is 27.6 Å². The lowest BCUT2D eigenvalue weighted by Gasteiger charge is -2.08. The number of aromatic nitrogens is 2. The van der Waals surface area contributed by atoms with E-state index in [1.165, 1.54) is 0 Å². The lowest BCUT2D eigenvalue weighted by Crippen LogP contribution is -2.18. The summed E-state index contributed by atoms with van der Waals surface area (Å²) in [6.45, 7) is 5.80. The molecule has 0 saturated carbocycles. The quantitative estimate of drug-likeness (QED) is 0.842. The first kappa shape index (κ1) is 10.7. The Morgan fingerprint density at radius 2 is 2.19 bits per heavy atom. The molecule has 0 aromatic carbocycles. The SMILES string of the molecule is Cc1nc(-c2ccco2)[nH]c(=O)c1C(C)C. The Hall–Kier alpha value is -1.84. The van der Waals surface area contributed by atoms with Crippen molar-refractivity contribution >= 4 is 0 Å². The number of furan rings is 1. The van der Waals surface area contributed by atoms with Gasteiger partial charge in [-0.2, -0.15) is 0 Å². The molecule has 1 N–H and O–H groups in total. The van der Waals surface area contributed by atoms with Crippen LogP contribution in [0, 0.1) is 6.92 Å². The molecule has 4 heteroatoms. The van der Waals surface area contributed by atoms with Gasteiger partial charge in [0.1, 0.15) is 0 Å². The second kappa shape index (κ2) is 3.96. The first-order chi connectivity index (χ1) is 7.59. The van der Waals surface area contributed by atoms with Gasteiger partial charge in [-0.25, -0.2) is 4.98 Å². The maximum absolute atomic E-state index is 11.9. The van der Waals surface area contributed by atoms with Crippen molar-refractivity contribution in [2.45, 2.75) is 26.7 Å². The van der Waals surface area contributed by atoms with E-state index in [0.717, 1.165) is 11.3 Å². The lowest BCUT2D eigenvalue weighted by atomic mass is 10.0. The Morgan fingerprint density at radius 3 is 2.69 bits per heavy atom. The minimum absolute atomic E-state index is 0.0890. The third kappa shape index (κ3) is 1.78. The number of rotatable bonds is 2. The minimum Gasteiger partial charge on any atom is -0.461 e. The first-order valence-corrected chi connectivity index (χ1v) is 5.24. The van der Waals surface area contributed by atoms with Crippen LogP contribution in [0.4, 0.5) is 0 Å². The van der Waals surface area contributed by atoms with Crippen LogP contribution in [0.3, 0.4) is 0 Å². The van der Waals surface area contributed by atoms with E-state index in [1.807, 2.05) is 20.8 Å². The number of nitrogens with one attached hydrogen (secondary N) is 1. The molecule has 0 radical (unpaired) electrons. The molecule has 2 rings (SSSR count). The molecule has 0 fully saturated rings. The number of aromatic amines is 1. The first-order valence-electron chi connectivity index (χ1n) is 5.24. The highest BCUT2D eigenvalue weighted by Crippen LogP contribution is 2.17. The van der Waals surface area contributed by atoms with Gasteiger partial charge in [-0.3, -0.25) is 4.79 Å². The Labute approximate surface area is 93.3 Å². The van der Waals surface area contributed by atoms with Gasteiger partial charge in [0.15, 0.2) is 11.6 Å². The molecule has 0 aliphatic heterocycles. The second-order valence-electron chi connectivity index (χ2n) is 4.05. The fourth-order valence-corrected chi connectivity index (χ4v) is 1.81. The highest BCUT2D eigenvalue weighted by Gasteiger charge is 2.13. The van der Waals surface area contributed by atoms with E-state index in [0.29, 0.717) is 11.6 Å². The van der Waals surface area contributed by atoms with Crippen LogP contribution in [0.2, 0.25) is 0 Å². The highest BCUT2D eigenvalue weighted by molar-refractivity contribution is 5.46. The van der Waals surface area contributed by atoms with E-state index in [9.17, 15) is 4.79 Å². The summed E-state index contributed by atoms with van der Waals surface area (Å²) in [5.74, 6) is 1.23. The predicted octanol–water partition coefficient (Wildman–Crippen LogP) is 2.46. The van der Waals surface area contributed by atoms with Crippen LogP contribution in [0.1, 0.15) is 31.0 Å². The molecule has 2 aromatic heterocycles. The van der Waals surface area contributed by atoms with Gasteiger partial charge in [0.25, 0.3) is 5.56 Å². The fourth-order valence-electron chi connectivity index (χ4n) is 1.81. The molecule has 0 amide bonds. The van der Waals surface area contributed by atoms with Crippen molar-refractivity contribution in [3.63, 3.8) is 0 Å². The molecule has 4 nitrogen and oxygen atoms in total. The fraction of sp³-hybridized carbons (Fsp3) is 0.333. The summed E-state index contributed by atoms with van der Waals surface area (Å²) in [7, 11) is 0. The Morgan fingerprint density at radius 1 is 1.44 bits per heavy atom. The van der Waals surface area contributed by atoms with Crippen molar-refractivity contribution in [1.82, 2.24) is 9.97 Å². The number of H-pyrrole nitrogens is 1. The average Bonchev–Trinajstić information content (AvgIpc) is 2.67. The molecule has 16 heavy (non-hydrogen) atoms. The van der Waals surface area contributed by atoms with Crippen molar-refractivity contribution in [1.29, 1.82) is 0 Å².